The summed E-state index contributed by atoms with van der Waals surface area (Å²) in [5.41, 5.74) is 1.83. The van der Waals surface area contributed by atoms with E-state index in [9.17, 15) is 4.79 Å². The molecule has 1 N–H and O–H groups in total. The zero-order valence-corrected chi connectivity index (χ0v) is 13.2. The fourth-order valence-electron chi connectivity index (χ4n) is 2.09. The fraction of sp³-hybridized carbons (Fsp3) is 0.0625. The molecular formula is C16H12BrNOS. The van der Waals surface area contributed by atoms with Crippen molar-refractivity contribution in [1.29, 1.82) is 0 Å². The Morgan fingerprint density at radius 2 is 1.85 bits per heavy atom. The molecule has 1 heterocycles. The molecule has 0 spiro atoms. The Hall–Kier alpha value is -1.65. The minimum absolute atomic E-state index is 0.0473. The number of carbonyl (C=O) groups excluding carboxylic acids is 1. The Balaban J connectivity index is 1.90. The lowest BCUT2D eigenvalue weighted by Crippen LogP contribution is -2.11. The van der Waals surface area contributed by atoms with Crippen LogP contribution in [0.4, 0.5) is 5.69 Å². The Morgan fingerprint density at radius 1 is 1.10 bits per heavy atom. The highest BCUT2D eigenvalue weighted by Gasteiger charge is 2.10. The number of halogens is 1. The monoisotopic (exact) mass is 345 g/mol. The zero-order valence-electron chi connectivity index (χ0n) is 10.8. The molecule has 2 aromatic carbocycles. The van der Waals surface area contributed by atoms with Gasteiger partial charge in [-0.2, -0.15) is 0 Å². The lowest BCUT2D eigenvalue weighted by atomic mass is 10.1. The molecule has 1 aromatic heterocycles. The van der Waals surface area contributed by atoms with E-state index in [1.165, 1.54) is 11.3 Å². The maximum atomic E-state index is 12.2. The van der Waals surface area contributed by atoms with Gasteiger partial charge >= 0.3 is 0 Å². The van der Waals surface area contributed by atoms with Crippen molar-refractivity contribution >= 4 is 49.6 Å². The first-order valence-corrected chi connectivity index (χ1v) is 7.85. The molecule has 0 radical (unpaired) electrons. The van der Waals surface area contributed by atoms with E-state index in [0.29, 0.717) is 0 Å². The number of rotatable bonds is 2. The molecule has 3 rings (SSSR count). The summed E-state index contributed by atoms with van der Waals surface area (Å²) in [6.45, 7) is 1.95. The van der Waals surface area contributed by atoms with Crippen LogP contribution in [-0.2, 0) is 0 Å². The fourth-order valence-corrected chi connectivity index (χ4v) is 3.29. The molecule has 0 saturated carbocycles. The average molecular weight is 346 g/mol. The van der Waals surface area contributed by atoms with E-state index in [1.54, 1.807) is 0 Å². The lowest BCUT2D eigenvalue weighted by Gasteiger charge is -2.06. The summed E-state index contributed by atoms with van der Waals surface area (Å²) < 4.78 is 1.05. The van der Waals surface area contributed by atoms with Gasteiger partial charge in [-0.05, 0) is 59.0 Å². The van der Waals surface area contributed by atoms with Gasteiger partial charge in [0.05, 0.1) is 4.88 Å². The van der Waals surface area contributed by atoms with Crippen LogP contribution in [0.3, 0.4) is 0 Å². The van der Waals surface area contributed by atoms with Crippen molar-refractivity contribution in [2.45, 2.75) is 6.92 Å². The van der Waals surface area contributed by atoms with Crippen LogP contribution in [0.15, 0.2) is 52.3 Å². The number of amides is 1. The van der Waals surface area contributed by atoms with E-state index in [2.05, 4.69) is 27.3 Å². The molecule has 0 bridgehead atoms. The number of aryl methyl sites for hydroxylation is 1. The Bertz CT molecular complexity index is 794. The predicted molar refractivity (Wildman–Crippen MR) is 88.7 cm³/mol. The summed E-state index contributed by atoms with van der Waals surface area (Å²) in [5, 5.41) is 7.13. The first-order chi connectivity index (χ1) is 9.63. The molecule has 0 atom stereocenters. The standard InChI is InChI=1S/C16H12BrNOS/c1-10-6-7-20-15(10)16(19)18-14-5-3-11-8-13(17)4-2-12(11)9-14/h2-9H,1H3,(H,18,19). The van der Waals surface area contributed by atoms with Crippen LogP contribution in [0.25, 0.3) is 10.8 Å². The van der Waals surface area contributed by atoms with Gasteiger partial charge in [-0.25, -0.2) is 0 Å². The van der Waals surface area contributed by atoms with Gasteiger partial charge in [0.2, 0.25) is 0 Å². The summed E-state index contributed by atoms with van der Waals surface area (Å²) in [7, 11) is 0. The number of hydrogen-bond acceptors (Lipinski definition) is 2. The second kappa shape index (κ2) is 5.38. The van der Waals surface area contributed by atoms with Gasteiger partial charge in [-0.15, -0.1) is 11.3 Å². The van der Waals surface area contributed by atoms with Crippen LogP contribution in [0.5, 0.6) is 0 Å². The molecule has 100 valence electrons. The molecule has 20 heavy (non-hydrogen) atoms. The molecule has 3 aromatic rings. The van der Waals surface area contributed by atoms with Gasteiger partial charge in [-0.1, -0.05) is 28.1 Å². The van der Waals surface area contributed by atoms with E-state index >= 15 is 0 Å². The highest BCUT2D eigenvalue weighted by Crippen LogP contribution is 2.24. The van der Waals surface area contributed by atoms with E-state index in [-0.39, 0.29) is 5.91 Å². The summed E-state index contributed by atoms with van der Waals surface area (Å²) in [5.74, 6) is -0.0473. The number of benzene rings is 2. The zero-order chi connectivity index (χ0) is 14.1. The van der Waals surface area contributed by atoms with Crippen molar-refractivity contribution in [3.8, 4) is 0 Å². The smallest absolute Gasteiger partial charge is 0.265 e. The van der Waals surface area contributed by atoms with Gasteiger partial charge in [0, 0.05) is 10.2 Å². The lowest BCUT2D eigenvalue weighted by molar-refractivity contribution is 0.103. The summed E-state index contributed by atoms with van der Waals surface area (Å²) in [4.78, 5) is 12.9. The van der Waals surface area contributed by atoms with Gasteiger partial charge in [0.25, 0.3) is 5.91 Å². The SMILES string of the molecule is Cc1ccsc1C(=O)Nc1ccc2cc(Br)ccc2c1. The largest absolute Gasteiger partial charge is 0.321 e. The molecule has 1 amide bonds. The van der Waals surface area contributed by atoms with Gasteiger partial charge in [0.15, 0.2) is 0 Å². The summed E-state index contributed by atoms with van der Waals surface area (Å²) >= 11 is 4.92. The third-order valence-electron chi connectivity index (χ3n) is 3.13. The van der Waals surface area contributed by atoms with Crippen molar-refractivity contribution in [3.05, 3.63) is 62.8 Å². The van der Waals surface area contributed by atoms with E-state index in [0.717, 1.165) is 31.4 Å². The first-order valence-electron chi connectivity index (χ1n) is 6.18. The Labute approximate surface area is 129 Å². The van der Waals surface area contributed by atoms with Crippen LogP contribution in [0, 0.1) is 6.92 Å². The summed E-state index contributed by atoms with van der Waals surface area (Å²) in [6.07, 6.45) is 0. The van der Waals surface area contributed by atoms with Gasteiger partial charge in [-0.3, -0.25) is 4.79 Å². The molecule has 0 aliphatic carbocycles. The minimum Gasteiger partial charge on any atom is -0.321 e. The van der Waals surface area contributed by atoms with Crippen molar-refractivity contribution in [2.75, 3.05) is 5.32 Å². The molecular weight excluding hydrogens is 334 g/mol. The highest BCUT2D eigenvalue weighted by molar-refractivity contribution is 9.10. The molecule has 0 unspecified atom stereocenters. The molecule has 0 fully saturated rings. The first kappa shape index (κ1) is 13.3. The van der Waals surface area contributed by atoms with Gasteiger partial charge < -0.3 is 5.32 Å². The quantitative estimate of drug-likeness (QED) is 0.677. The van der Waals surface area contributed by atoms with Crippen molar-refractivity contribution in [1.82, 2.24) is 0 Å². The normalized spacial score (nSPS) is 10.7. The number of nitrogens with one attached hydrogen (secondary N) is 1. The van der Waals surface area contributed by atoms with Gasteiger partial charge in [0.1, 0.15) is 0 Å². The van der Waals surface area contributed by atoms with E-state index in [1.807, 2.05) is 48.7 Å². The van der Waals surface area contributed by atoms with Crippen LogP contribution >= 0.6 is 27.3 Å². The second-order valence-corrected chi connectivity index (χ2v) is 6.42. The third-order valence-corrected chi connectivity index (χ3v) is 4.64. The molecule has 0 aliphatic rings. The van der Waals surface area contributed by atoms with Crippen LogP contribution in [-0.4, -0.2) is 5.91 Å². The Morgan fingerprint density at radius 3 is 2.60 bits per heavy atom. The third kappa shape index (κ3) is 2.62. The maximum Gasteiger partial charge on any atom is 0.265 e. The number of fused-ring (bicyclic) bond motifs is 1. The van der Waals surface area contributed by atoms with Crippen molar-refractivity contribution < 1.29 is 4.79 Å². The van der Waals surface area contributed by atoms with Crippen LogP contribution in [0.1, 0.15) is 15.2 Å². The maximum absolute atomic E-state index is 12.2. The number of carbonyl (C=O) groups is 1. The highest BCUT2D eigenvalue weighted by atomic mass is 79.9. The number of anilines is 1. The summed E-state index contributed by atoms with van der Waals surface area (Å²) in [6, 6.07) is 14.0. The molecule has 2 nitrogen and oxygen atoms in total. The van der Waals surface area contributed by atoms with E-state index in [4.69, 9.17) is 0 Å². The van der Waals surface area contributed by atoms with Crippen molar-refractivity contribution in [3.63, 3.8) is 0 Å². The van der Waals surface area contributed by atoms with E-state index < -0.39 is 0 Å². The Kier molecular flexibility index (Phi) is 3.59. The number of thiophene rings is 1. The molecule has 0 aliphatic heterocycles. The van der Waals surface area contributed by atoms with Crippen LogP contribution in [0.2, 0.25) is 0 Å². The average Bonchev–Trinajstić information content (AvgIpc) is 2.85. The molecule has 0 saturated heterocycles. The topological polar surface area (TPSA) is 29.1 Å². The molecule has 4 heteroatoms. The minimum atomic E-state index is -0.0473. The van der Waals surface area contributed by atoms with Crippen LogP contribution < -0.4 is 5.32 Å². The predicted octanol–water partition coefficient (Wildman–Crippen LogP) is 5.22. The number of hydrogen-bond donors (Lipinski definition) is 1. The van der Waals surface area contributed by atoms with Crippen molar-refractivity contribution in [2.24, 2.45) is 0 Å². The second-order valence-electron chi connectivity index (χ2n) is 4.59.